The summed E-state index contributed by atoms with van der Waals surface area (Å²) in [5.74, 6) is 0. The van der Waals surface area contributed by atoms with Crippen molar-refractivity contribution in [2.24, 2.45) is 0 Å². The molecule has 0 amide bonds. The molecule has 0 aromatic rings. The summed E-state index contributed by atoms with van der Waals surface area (Å²) in [6.45, 7) is 3.72. The molecule has 0 aliphatic rings. The maximum absolute atomic E-state index is 10.7. The molecule has 0 aromatic heterocycles. The fraction of sp³-hybridized carbons (Fsp3) is 1.00. The second-order valence-corrected chi connectivity index (χ2v) is 5.72. The summed E-state index contributed by atoms with van der Waals surface area (Å²) in [6.07, 6.45) is 7.42. The maximum Gasteiger partial charge on any atom is 1.00 e. The molecular weight excluding hydrogens is 239 g/mol. The van der Waals surface area contributed by atoms with Crippen molar-refractivity contribution >= 4 is 10.1 Å². The van der Waals surface area contributed by atoms with Gasteiger partial charge in [0.25, 0.3) is 10.1 Å². The largest absolute Gasteiger partial charge is 1.00 e. The Morgan fingerprint density at radius 2 is 1.60 bits per heavy atom. The number of rotatable bonds is 8. The second-order valence-electron chi connectivity index (χ2n) is 3.88. The first kappa shape index (κ1) is 18.9. The van der Waals surface area contributed by atoms with Gasteiger partial charge in [-0.1, -0.05) is 45.4 Å². The molecule has 15 heavy (non-hydrogen) atoms. The molecule has 0 aromatic carbocycles. The third kappa shape index (κ3) is 11.8. The zero-order valence-electron chi connectivity index (χ0n) is 11.2. The van der Waals surface area contributed by atoms with Crippen LogP contribution in [-0.4, -0.2) is 18.2 Å². The molecule has 5 heteroatoms. The van der Waals surface area contributed by atoms with Gasteiger partial charge in [0.1, 0.15) is 0 Å². The van der Waals surface area contributed by atoms with Gasteiger partial charge < -0.3 is 1.43 Å². The fourth-order valence-corrected chi connectivity index (χ4v) is 1.83. The molecule has 88 valence electrons. The summed E-state index contributed by atoms with van der Waals surface area (Å²) in [6, 6.07) is 0. The molecule has 1 N–H and O–H groups in total. The molecule has 0 heterocycles. The van der Waals surface area contributed by atoms with Crippen LogP contribution >= 0.6 is 0 Å². The Morgan fingerprint density at radius 3 is 2.07 bits per heavy atom. The predicted octanol–water partition coefficient (Wildman–Crippen LogP) is 0.130. The van der Waals surface area contributed by atoms with E-state index in [4.69, 9.17) is 4.55 Å². The zero-order chi connectivity index (χ0) is 11.0. The Kier molecular flexibility index (Phi) is 13.5. The minimum absolute atomic E-state index is 0. The Balaban J connectivity index is -0.000000845. The number of hydrogen-bond acceptors (Lipinski definition) is 2. The van der Waals surface area contributed by atoms with Crippen LogP contribution in [0, 0.1) is 0 Å². The average molecular weight is 262 g/mol. The quantitative estimate of drug-likeness (QED) is 0.384. The molecule has 0 fully saturated rings. The van der Waals surface area contributed by atoms with Crippen LogP contribution in [0.4, 0.5) is 0 Å². The van der Waals surface area contributed by atoms with Gasteiger partial charge in [0.15, 0.2) is 0 Å². The average Bonchev–Trinajstić information content (AvgIpc) is 2.09. The van der Waals surface area contributed by atoms with E-state index < -0.39 is 15.4 Å². The summed E-state index contributed by atoms with van der Waals surface area (Å²) in [7, 11) is -3.80. The third-order valence-corrected chi connectivity index (χ3v) is 3.73. The van der Waals surface area contributed by atoms with E-state index in [1.165, 1.54) is 25.7 Å². The summed E-state index contributed by atoms with van der Waals surface area (Å²) < 4.78 is 30.0. The third-order valence-electron chi connectivity index (χ3n) is 2.47. The van der Waals surface area contributed by atoms with E-state index in [2.05, 4.69) is 6.92 Å². The van der Waals surface area contributed by atoms with Crippen LogP contribution in [0.25, 0.3) is 0 Å². The standard InChI is InChI=1S/C10H22O3S.K.H/c1-3-4-5-6-7-8-9-10(2)14(11,12)13;;/h10H,3-9H2,1-2H3,(H,11,12,13);;/q;+1;-1. The Hall–Kier alpha value is 1.55. The van der Waals surface area contributed by atoms with Crippen molar-refractivity contribution in [1.82, 2.24) is 0 Å². The first-order valence-corrected chi connectivity index (χ1v) is 6.95. The SMILES string of the molecule is CCCCCCCCC(C)S(=O)(=O)O.[H-].[K+]. The number of unbranched alkanes of at least 4 members (excludes halogenated alkanes) is 5. The summed E-state index contributed by atoms with van der Waals surface area (Å²) in [5.41, 5.74) is 0. The minimum Gasteiger partial charge on any atom is -1.00 e. The van der Waals surface area contributed by atoms with E-state index in [-0.39, 0.29) is 52.8 Å². The molecule has 0 bridgehead atoms. The van der Waals surface area contributed by atoms with E-state index in [1.54, 1.807) is 6.92 Å². The van der Waals surface area contributed by atoms with E-state index in [0.29, 0.717) is 6.42 Å². The van der Waals surface area contributed by atoms with Gasteiger partial charge in [-0.3, -0.25) is 4.55 Å². The van der Waals surface area contributed by atoms with Crippen molar-refractivity contribution in [1.29, 1.82) is 0 Å². The molecule has 1 atom stereocenters. The molecular formula is C10H23KO3S. The Bertz CT molecular complexity index is 232. The van der Waals surface area contributed by atoms with Crippen LogP contribution in [0.3, 0.4) is 0 Å². The summed E-state index contributed by atoms with van der Waals surface area (Å²) in [4.78, 5) is 0. The molecule has 0 radical (unpaired) electrons. The van der Waals surface area contributed by atoms with Gasteiger partial charge in [0.05, 0.1) is 5.25 Å². The van der Waals surface area contributed by atoms with Crippen molar-refractivity contribution in [3.8, 4) is 0 Å². The molecule has 0 spiro atoms. The van der Waals surface area contributed by atoms with Crippen LogP contribution in [0.15, 0.2) is 0 Å². The first-order chi connectivity index (χ1) is 6.48. The smallest absolute Gasteiger partial charge is 1.00 e. The van der Waals surface area contributed by atoms with E-state index in [9.17, 15) is 8.42 Å². The monoisotopic (exact) mass is 262 g/mol. The summed E-state index contributed by atoms with van der Waals surface area (Å²) in [5, 5.41) is -0.603. The Labute approximate surface area is 138 Å². The van der Waals surface area contributed by atoms with Crippen molar-refractivity contribution in [2.75, 3.05) is 0 Å². The van der Waals surface area contributed by atoms with Crippen LogP contribution in [0.1, 0.15) is 60.2 Å². The van der Waals surface area contributed by atoms with Gasteiger partial charge >= 0.3 is 51.4 Å². The van der Waals surface area contributed by atoms with Crippen LogP contribution in [0.5, 0.6) is 0 Å². The van der Waals surface area contributed by atoms with Crippen LogP contribution in [-0.2, 0) is 10.1 Å². The molecule has 1 unspecified atom stereocenters. The fourth-order valence-electron chi connectivity index (χ4n) is 1.36. The summed E-state index contributed by atoms with van der Waals surface area (Å²) >= 11 is 0. The second kappa shape index (κ2) is 10.7. The topological polar surface area (TPSA) is 54.4 Å². The predicted molar refractivity (Wildman–Crippen MR) is 60.1 cm³/mol. The first-order valence-electron chi connectivity index (χ1n) is 5.44. The van der Waals surface area contributed by atoms with Gasteiger partial charge in [0, 0.05) is 0 Å². The van der Waals surface area contributed by atoms with Gasteiger partial charge in [-0.25, -0.2) is 0 Å². The number of hydrogen-bond donors (Lipinski definition) is 1. The zero-order valence-corrected chi connectivity index (χ0v) is 14.1. The van der Waals surface area contributed by atoms with Gasteiger partial charge in [-0.05, 0) is 13.3 Å². The van der Waals surface area contributed by atoms with Crippen molar-refractivity contribution < 1.29 is 65.8 Å². The van der Waals surface area contributed by atoms with Crippen molar-refractivity contribution in [2.45, 2.75) is 64.0 Å². The molecule has 0 saturated heterocycles. The minimum atomic E-state index is -3.80. The van der Waals surface area contributed by atoms with Crippen molar-refractivity contribution in [3.05, 3.63) is 0 Å². The van der Waals surface area contributed by atoms with E-state index >= 15 is 0 Å². The van der Waals surface area contributed by atoms with Gasteiger partial charge in [0.2, 0.25) is 0 Å². The molecule has 0 saturated carbocycles. The van der Waals surface area contributed by atoms with E-state index in [1.807, 2.05) is 0 Å². The maximum atomic E-state index is 10.7. The normalized spacial score (nSPS) is 13.3. The molecule has 0 aliphatic carbocycles. The molecule has 0 aliphatic heterocycles. The van der Waals surface area contributed by atoms with E-state index in [0.717, 1.165) is 12.8 Å². The Morgan fingerprint density at radius 1 is 1.13 bits per heavy atom. The molecule has 0 rings (SSSR count). The van der Waals surface area contributed by atoms with Gasteiger partial charge in [-0.15, -0.1) is 0 Å². The van der Waals surface area contributed by atoms with Crippen molar-refractivity contribution in [3.63, 3.8) is 0 Å². The van der Waals surface area contributed by atoms with Crippen LogP contribution in [0.2, 0.25) is 0 Å². The van der Waals surface area contributed by atoms with Gasteiger partial charge in [-0.2, -0.15) is 8.42 Å². The molecule has 3 nitrogen and oxygen atoms in total. The van der Waals surface area contributed by atoms with Crippen LogP contribution < -0.4 is 51.4 Å².